The quantitative estimate of drug-likeness (QED) is 0.761. The molecule has 0 saturated carbocycles. The van der Waals surface area contributed by atoms with Crippen molar-refractivity contribution in [1.29, 1.82) is 0 Å². The number of hydrogen-bond acceptors (Lipinski definition) is 3. The standard InChI is InChI=1S/C11H9N3O2/c15-11(16)6-5-8-3-1-2-4-9(8)10-7-12-14-13-10/h1-7H,(H,15,16)(H,12,13,14). The fourth-order valence-electron chi connectivity index (χ4n) is 1.37. The van der Waals surface area contributed by atoms with Gasteiger partial charge >= 0.3 is 5.97 Å². The first-order valence-corrected chi connectivity index (χ1v) is 4.63. The van der Waals surface area contributed by atoms with Gasteiger partial charge < -0.3 is 5.11 Å². The molecule has 0 unspecified atom stereocenters. The van der Waals surface area contributed by atoms with Gasteiger partial charge in [0.1, 0.15) is 5.69 Å². The van der Waals surface area contributed by atoms with Crippen molar-refractivity contribution in [3.8, 4) is 11.3 Å². The van der Waals surface area contributed by atoms with Crippen LogP contribution in [0.4, 0.5) is 0 Å². The highest BCUT2D eigenvalue weighted by molar-refractivity contribution is 5.87. The predicted octanol–water partition coefficient (Wildman–Crippen LogP) is 1.57. The third-order valence-corrected chi connectivity index (χ3v) is 2.06. The highest BCUT2D eigenvalue weighted by Crippen LogP contribution is 2.21. The molecule has 1 aromatic heterocycles. The summed E-state index contributed by atoms with van der Waals surface area (Å²) in [6.45, 7) is 0. The van der Waals surface area contributed by atoms with Gasteiger partial charge in [0.2, 0.25) is 0 Å². The van der Waals surface area contributed by atoms with Crippen LogP contribution in [0.3, 0.4) is 0 Å². The molecule has 0 radical (unpaired) electrons. The summed E-state index contributed by atoms with van der Waals surface area (Å²) in [5, 5.41) is 18.8. The molecule has 0 aliphatic rings. The Morgan fingerprint density at radius 1 is 1.38 bits per heavy atom. The average molecular weight is 215 g/mol. The Morgan fingerprint density at radius 3 is 2.88 bits per heavy atom. The lowest BCUT2D eigenvalue weighted by atomic mass is 10.0. The molecule has 0 fully saturated rings. The highest BCUT2D eigenvalue weighted by atomic mass is 16.4. The number of nitrogens with zero attached hydrogens (tertiary/aromatic N) is 2. The van der Waals surface area contributed by atoms with Crippen LogP contribution in [0, 0.1) is 0 Å². The maximum Gasteiger partial charge on any atom is 0.328 e. The minimum absolute atomic E-state index is 0.686. The number of H-pyrrole nitrogens is 1. The predicted molar refractivity (Wildman–Crippen MR) is 58.5 cm³/mol. The SMILES string of the molecule is O=C(O)C=Cc1ccccc1-c1cn[nH]n1. The van der Waals surface area contributed by atoms with Gasteiger partial charge in [-0.3, -0.25) is 0 Å². The van der Waals surface area contributed by atoms with Crippen LogP contribution in [0.5, 0.6) is 0 Å². The zero-order valence-electron chi connectivity index (χ0n) is 8.29. The van der Waals surface area contributed by atoms with Crippen molar-refractivity contribution in [2.24, 2.45) is 0 Å². The van der Waals surface area contributed by atoms with E-state index in [0.29, 0.717) is 5.69 Å². The zero-order valence-corrected chi connectivity index (χ0v) is 8.29. The molecule has 0 aliphatic carbocycles. The summed E-state index contributed by atoms with van der Waals surface area (Å²) in [4.78, 5) is 10.4. The van der Waals surface area contributed by atoms with E-state index in [9.17, 15) is 4.79 Å². The third kappa shape index (κ3) is 2.14. The topological polar surface area (TPSA) is 78.9 Å². The van der Waals surface area contributed by atoms with E-state index in [4.69, 9.17) is 5.11 Å². The van der Waals surface area contributed by atoms with Crippen molar-refractivity contribution >= 4 is 12.0 Å². The Balaban J connectivity index is 2.42. The van der Waals surface area contributed by atoms with E-state index >= 15 is 0 Å². The molecule has 1 aromatic carbocycles. The van der Waals surface area contributed by atoms with Gasteiger partial charge in [0, 0.05) is 11.6 Å². The number of aromatic nitrogens is 3. The molecule has 0 saturated heterocycles. The van der Waals surface area contributed by atoms with Crippen LogP contribution in [0.2, 0.25) is 0 Å². The molecule has 5 heteroatoms. The van der Waals surface area contributed by atoms with Crippen LogP contribution in [-0.2, 0) is 4.79 Å². The maximum absolute atomic E-state index is 10.4. The van der Waals surface area contributed by atoms with E-state index in [0.717, 1.165) is 17.2 Å². The Hall–Kier alpha value is -2.43. The van der Waals surface area contributed by atoms with Crippen molar-refractivity contribution < 1.29 is 9.90 Å². The molecular weight excluding hydrogens is 206 g/mol. The molecule has 2 rings (SSSR count). The first-order chi connectivity index (χ1) is 7.77. The molecule has 0 amide bonds. The lowest BCUT2D eigenvalue weighted by molar-refractivity contribution is -0.131. The smallest absolute Gasteiger partial charge is 0.328 e. The monoisotopic (exact) mass is 215 g/mol. The van der Waals surface area contributed by atoms with E-state index in [-0.39, 0.29) is 0 Å². The molecule has 0 atom stereocenters. The Bertz CT molecular complexity index is 518. The summed E-state index contributed by atoms with van der Waals surface area (Å²) in [5.41, 5.74) is 2.32. The van der Waals surface area contributed by atoms with Gasteiger partial charge in [0.25, 0.3) is 0 Å². The largest absolute Gasteiger partial charge is 0.478 e. The van der Waals surface area contributed by atoms with Gasteiger partial charge in [-0.2, -0.15) is 15.4 Å². The summed E-state index contributed by atoms with van der Waals surface area (Å²) >= 11 is 0. The molecular formula is C11H9N3O2. The number of benzene rings is 1. The van der Waals surface area contributed by atoms with E-state index in [2.05, 4.69) is 15.4 Å². The van der Waals surface area contributed by atoms with Gasteiger partial charge in [-0.15, -0.1) is 0 Å². The number of aliphatic carboxylic acids is 1. The van der Waals surface area contributed by atoms with Crippen LogP contribution in [0.15, 0.2) is 36.5 Å². The summed E-state index contributed by atoms with van der Waals surface area (Å²) in [5.74, 6) is -0.977. The van der Waals surface area contributed by atoms with Gasteiger partial charge in [0.05, 0.1) is 6.20 Å². The molecule has 16 heavy (non-hydrogen) atoms. The van der Waals surface area contributed by atoms with Gasteiger partial charge in [-0.05, 0) is 11.6 Å². The summed E-state index contributed by atoms with van der Waals surface area (Å²) in [7, 11) is 0. The minimum Gasteiger partial charge on any atom is -0.478 e. The summed E-state index contributed by atoms with van der Waals surface area (Å²) in [6.07, 6.45) is 4.22. The molecule has 80 valence electrons. The summed E-state index contributed by atoms with van der Waals surface area (Å²) in [6, 6.07) is 7.38. The highest BCUT2D eigenvalue weighted by Gasteiger charge is 2.04. The van der Waals surface area contributed by atoms with Crippen molar-refractivity contribution in [3.63, 3.8) is 0 Å². The first-order valence-electron chi connectivity index (χ1n) is 4.63. The molecule has 2 N–H and O–H groups in total. The second-order valence-electron chi connectivity index (χ2n) is 3.11. The number of aromatic amines is 1. The van der Waals surface area contributed by atoms with Crippen LogP contribution in [-0.4, -0.2) is 26.5 Å². The lowest BCUT2D eigenvalue weighted by Crippen LogP contribution is -1.87. The molecule has 2 aromatic rings. The number of rotatable bonds is 3. The van der Waals surface area contributed by atoms with Crippen molar-refractivity contribution in [3.05, 3.63) is 42.1 Å². The van der Waals surface area contributed by atoms with Crippen molar-refractivity contribution in [2.75, 3.05) is 0 Å². The molecule has 0 bridgehead atoms. The van der Waals surface area contributed by atoms with Crippen molar-refractivity contribution in [1.82, 2.24) is 15.4 Å². The van der Waals surface area contributed by atoms with Crippen LogP contribution in [0.25, 0.3) is 17.3 Å². The Kier molecular flexibility index (Phi) is 2.77. The van der Waals surface area contributed by atoms with Gasteiger partial charge in [-0.25, -0.2) is 4.79 Å². The van der Waals surface area contributed by atoms with Crippen LogP contribution in [0.1, 0.15) is 5.56 Å². The van der Waals surface area contributed by atoms with E-state index < -0.39 is 5.97 Å². The normalized spacial score (nSPS) is 10.8. The molecule has 1 heterocycles. The fraction of sp³-hybridized carbons (Fsp3) is 0. The third-order valence-electron chi connectivity index (χ3n) is 2.06. The lowest BCUT2D eigenvalue weighted by Gasteiger charge is -2.00. The number of carboxylic acids is 1. The number of hydrogen-bond donors (Lipinski definition) is 2. The van der Waals surface area contributed by atoms with Crippen LogP contribution >= 0.6 is 0 Å². The van der Waals surface area contributed by atoms with Crippen LogP contribution < -0.4 is 0 Å². The number of carboxylic acid groups (broad SMARTS) is 1. The number of carbonyl (C=O) groups is 1. The van der Waals surface area contributed by atoms with Gasteiger partial charge in [0.15, 0.2) is 0 Å². The second-order valence-corrected chi connectivity index (χ2v) is 3.11. The van der Waals surface area contributed by atoms with E-state index in [1.54, 1.807) is 6.20 Å². The van der Waals surface area contributed by atoms with Crippen molar-refractivity contribution in [2.45, 2.75) is 0 Å². The van der Waals surface area contributed by atoms with E-state index in [1.165, 1.54) is 6.08 Å². The Morgan fingerprint density at radius 2 is 2.19 bits per heavy atom. The second kappa shape index (κ2) is 4.39. The average Bonchev–Trinajstić information content (AvgIpc) is 2.80. The van der Waals surface area contributed by atoms with Gasteiger partial charge in [-0.1, -0.05) is 24.3 Å². The summed E-state index contributed by atoms with van der Waals surface area (Å²) < 4.78 is 0. The maximum atomic E-state index is 10.4. The first kappa shape index (κ1) is 10.1. The van der Waals surface area contributed by atoms with E-state index in [1.807, 2.05) is 24.3 Å². The molecule has 5 nitrogen and oxygen atoms in total. The zero-order chi connectivity index (χ0) is 11.4. The number of nitrogens with one attached hydrogen (secondary N) is 1. The Labute approximate surface area is 91.4 Å². The molecule has 0 spiro atoms. The minimum atomic E-state index is -0.977. The molecule has 0 aliphatic heterocycles. The fourth-order valence-corrected chi connectivity index (χ4v) is 1.37.